The van der Waals surface area contributed by atoms with Gasteiger partial charge in [0, 0.05) is 5.56 Å². The van der Waals surface area contributed by atoms with Gasteiger partial charge in [-0.2, -0.15) is 5.26 Å². The van der Waals surface area contributed by atoms with Gasteiger partial charge in [0.2, 0.25) is 0 Å². The molecule has 0 radical (unpaired) electrons. The third kappa shape index (κ3) is 2.34. The third-order valence-corrected chi connectivity index (χ3v) is 1.88. The number of rotatable bonds is 0. The summed E-state index contributed by atoms with van der Waals surface area (Å²) in [6, 6.07) is 4.84. The first-order valence-electron chi connectivity index (χ1n) is 4.27. The van der Waals surface area contributed by atoms with E-state index in [1.165, 1.54) is 12.1 Å². The summed E-state index contributed by atoms with van der Waals surface area (Å²) in [4.78, 5) is 0. The van der Waals surface area contributed by atoms with E-state index < -0.39 is 0 Å². The van der Waals surface area contributed by atoms with Crippen LogP contribution in [0.5, 0.6) is 0 Å². The molecule has 0 aromatic heterocycles. The van der Waals surface area contributed by atoms with Crippen LogP contribution in [0.3, 0.4) is 0 Å². The lowest BCUT2D eigenvalue weighted by Crippen LogP contribution is -1.89. The van der Waals surface area contributed by atoms with Crippen molar-refractivity contribution < 1.29 is 4.39 Å². The molecule has 1 aromatic rings. The lowest BCUT2D eigenvalue weighted by molar-refractivity contribution is 0.625. The second-order valence-corrected chi connectivity index (χ2v) is 3.05. The van der Waals surface area contributed by atoms with Gasteiger partial charge in [-0.05, 0) is 37.1 Å². The minimum atomic E-state index is -0.245. The molecule has 0 aliphatic rings. The van der Waals surface area contributed by atoms with Gasteiger partial charge in [0.1, 0.15) is 5.82 Å². The number of nitriles is 1. The van der Waals surface area contributed by atoms with Crippen LogP contribution in [0, 0.1) is 42.8 Å². The van der Waals surface area contributed by atoms with Gasteiger partial charge in [0.25, 0.3) is 0 Å². The molecule has 0 amide bonds. The minimum Gasteiger partial charge on any atom is -0.207 e. The van der Waals surface area contributed by atoms with Crippen LogP contribution >= 0.6 is 0 Å². The number of halogens is 1. The first kappa shape index (κ1) is 10.3. The highest BCUT2D eigenvalue weighted by Gasteiger charge is 2.01. The highest BCUT2D eigenvalue weighted by atomic mass is 19.1. The number of hydrogen-bond donors (Lipinski definition) is 0. The van der Waals surface area contributed by atoms with Crippen molar-refractivity contribution in [2.75, 3.05) is 0 Å². The Morgan fingerprint density at radius 1 is 1.29 bits per heavy atom. The Balaban J connectivity index is 3.12. The van der Waals surface area contributed by atoms with E-state index in [1.807, 2.05) is 19.9 Å². The molecule has 14 heavy (non-hydrogen) atoms. The van der Waals surface area contributed by atoms with E-state index in [0.717, 1.165) is 16.7 Å². The molecule has 0 spiro atoms. The number of hydrogen-bond acceptors (Lipinski definition) is 1. The molecule has 1 nitrogen and oxygen atoms in total. The zero-order valence-electron chi connectivity index (χ0n) is 8.19. The topological polar surface area (TPSA) is 23.8 Å². The Kier molecular flexibility index (Phi) is 3.26. The summed E-state index contributed by atoms with van der Waals surface area (Å²) in [6.45, 7) is 3.62. The van der Waals surface area contributed by atoms with Crippen LogP contribution in [-0.4, -0.2) is 0 Å². The Bertz CT molecular complexity index is 421. The smallest absolute Gasteiger partial charge is 0.123 e. The Morgan fingerprint density at radius 2 is 1.86 bits per heavy atom. The van der Waals surface area contributed by atoms with E-state index in [4.69, 9.17) is 5.26 Å². The van der Waals surface area contributed by atoms with Gasteiger partial charge in [0.15, 0.2) is 0 Å². The van der Waals surface area contributed by atoms with E-state index in [0.29, 0.717) is 0 Å². The Hall–Kier alpha value is -1.80. The van der Waals surface area contributed by atoms with Crippen LogP contribution in [-0.2, 0) is 0 Å². The highest BCUT2D eigenvalue weighted by Crippen LogP contribution is 2.14. The fourth-order valence-electron chi connectivity index (χ4n) is 1.28. The first-order chi connectivity index (χ1) is 6.65. The number of benzene rings is 1. The second-order valence-electron chi connectivity index (χ2n) is 3.05. The zero-order valence-corrected chi connectivity index (χ0v) is 8.19. The average molecular weight is 187 g/mol. The SMILES string of the molecule is Cc1cc(F)cc(C)c1C#CCC#N. The van der Waals surface area contributed by atoms with Crippen LogP contribution < -0.4 is 0 Å². The largest absolute Gasteiger partial charge is 0.207 e. The lowest BCUT2D eigenvalue weighted by atomic mass is 10.0. The molecule has 0 saturated heterocycles. The van der Waals surface area contributed by atoms with Gasteiger partial charge in [-0.3, -0.25) is 0 Å². The molecule has 0 saturated carbocycles. The first-order valence-corrected chi connectivity index (χ1v) is 4.27. The molecule has 0 N–H and O–H groups in total. The molecular weight excluding hydrogens is 177 g/mol. The molecule has 2 heteroatoms. The fraction of sp³-hybridized carbons (Fsp3) is 0.250. The molecule has 0 heterocycles. The molecule has 0 atom stereocenters. The van der Waals surface area contributed by atoms with E-state index in [1.54, 1.807) is 0 Å². The minimum absolute atomic E-state index is 0.205. The predicted molar refractivity (Wildman–Crippen MR) is 53.0 cm³/mol. The van der Waals surface area contributed by atoms with Gasteiger partial charge in [-0.25, -0.2) is 4.39 Å². The van der Waals surface area contributed by atoms with Gasteiger partial charge in [-0.15, -0.1) is 0 Å². The van der Waals surface area contributed by atoms with Gasteiger partial charge in [-0.1, -0.05) is 11.8 Å². The van der Waals surface area contributed by atoms with Crippen molar-refractivity contribution >= 4 is 0 Å². The maximum absolute atomic E-state index is 12.9. The molecule has 70 valence electrons. The summed E-state index contributed by atoms with van der Waals surface area (Å²) < 4.78 is 12.9. The molecule has 0 aliphatic carbocycles. The summed E-state index contributed by atoms with van der Waals surface area (Å²) in [5.41, 5.74) is 2.45. The van der Waals surface area contributed by atoms with Crippen molar-refractivity contribution in [3.63, 3.8) is 0 Å². The lowest BCUT2D eigenvalue weighted by Gasteiger charge is -2.02. The van der Waals surface area contributed by atoms with Gasteiger partial charge in [0.05, 0.1) is 12.5 Å². The predicted octanol–water partition coefficient (Wildman–Crippen LogP) is 2.71. The van der Waals surface area contributed by atoms with E-state index in [9.17, 15) is 4.39 Å². The van der Waals surface area contributed by atoms with Crippen LogP contribution in [0.25, 0.3) is 0 Å². The molecule has 0 fully saturated rings. The molecule has 1 rings (SSSR count). The van der Waals surface area contributed by atoms with Crippen molar-refractivity contribution in [2.24, 2.45) is 0 Å². The van der Waals surface area contributed by atoms with E-state index >= 15 is 0 Å². The van der Waals surface area contributed by atoms with E-state index in [2.05, 4.69) is 11.8 Å². The third-order valence-electron chi connectivity index (χ3n) is 1.88. The summed E-state index contributed by atoms with van der Waals surface area (Å²) in [5.74, 6) is 5.34. The van der Waals surface area contributed by atoms with Crippen molar-refractivity contribution in [3.05, 3.63) is 34.6 Å². The normalized spacial score (nSPS) is 8.71. The molecule has 0 aliphatic heterocycles. The summed E-state index contributed by atoms with van der Waals surface area (Å²) >= 11 is 0. The Morgan fingerprint density at radius 3 is 2.36 bits per heavy atom. The van der Waals surface area contributed by atoms with Gasteiger partial charge >= 0.3 is 0 Å². The standard InChI is InChI=1S/C12H10FN/c1-9-7-11(13)8-10(2)12(9)5-3-4-6-14/h7-8H,4H2,1-2H3. The average Bonchev–Trinajstić information content (AvgIpc) is 2.09. The van der Waals surface area contributed by atoms with Crippen molar-refractivity contribution in [1.29, 1.82) is 5.26 Å². The monoisotopic (exact) mass is 187 g/mol. The van der Waals surface area contributed by atoms with Crippen LogP contribution in [0.4, 0.5) is 4.39 Å². The summed E-state index contributed by atoms with van der Waals surface area (Å²) in [5, 5.41) is 8.31. The van der Waals surface area contributed by atoms with Crippen LogP contribution in [0.2, 0.25) is 0 Å². The maximum Gasteiger partial charge on any atom is 0.123 e. The molecule has 0 bridgehead atoms. The summed E-state index contributed by atoms with van der Waals surface area (Å²) in [7, 11) is 0. The number of aryl methyl sites for hydroxylation is 2. The Labute approximate surface area is 83.2 Å². The summed E-state index contributed by atoms with van der Waals surface area (Å²) in [6.07, 6.45) is 0.205. The molecule has 1 aromatic carbocycles. The highest BCUT2D eigenvalue weighted by molar-refractivity contribution is 5.46. The number of nitrogens with zero attached hydrogens (tertiary/aromatic N) is 1. The van der Waals surface area contributed by atoms with Crippen LogP contribution in [0.15, 0.2) is 12.1 Å². The van der Waals surface area contributed by atoms with Crippen molar-refractivity contribution in [1.82, 2.24) is 0 Å². The molecular formula is C12H10FN. The zero-order chi connectivity index (χ0) is 10.6. The quantitative estimate of drug-likeness (QED) is 0.573. The van der Waals surface area contributed by atoms with E-state index in [-0.39, 0.29) is 12.2 Å². The van der Waals surface area contributed by atoms with Gasteiger partial charge < -0.3 is 0 Å². The van der Waals surface area contributed by atoms with Crippen LogP contribution in [0.1, 0.15) is 23.1 Å². The van der Waals surface area contributed by atoms with Crippen molar-refractivity contribution in [2.45, 2.75) is 20.3 Å². The van der Waals surface area contributed by atoms with Crippen molar-refractivity contribution in [3.8, 4) is 17.9 Å². The second kappa shape index (κ2) is 4.44. The molecule has 0 unspecified atom stereocenters. The fourth-order valence-corrected chi connectivity index (χ4v) is 1.28. The maximum atomic E-state index is 12.9.